The Hall–Kier alpha value is -0.820. The van der Waals surface area contributed by atoms with Crippen LogP contribution in [0.15, 0.2) is 24.3 Å². The molecule has 1 heteroatoms. The molecule has 0 aromatic heterocycles. The molecule has 0 amide bonds. The molecule has 12 heavy (non-hydrogen) atoms. The Kier molecular flexibility index (Phi) is 1.89. The number of hydrogen-bond donors (Lipinski definition) is 0. The smallest absolute Gasteiger partial charge is 0.0379 e. The lowest BCUT2D eigenvalue weighted by molar-refractivity contribution is 0.340. The van der Waals surface area contributed by atoms with E-state index in [2.05, 4.69) is 49.7 Å². The van der Waals surface area contributed by atoms with E-state index in [0.717, 1.165) is 6.42 Å². The third-order valence-corrected chi connectivity index (χ3v) is 2.49. The van der Waals surface area contributed by atoms with Crippen LogP contribution in [0.4, 0.5) is 0 Å². The summed E-state index contributed by atoms with van der Waals surface area (Å²) in [7, 11) is 4.26. The third kappa shape index (κ3) is 1.14. The molecule has 2 rings (SSSR count). The Morgan fingerprint density at radius 1 is 1.25 bits per heavy atom. The van der Waals surface area contributed by atoms with Crippen LogP contribution in [-0.4, -0.2) is 19.0 Å². The van der Waals surface area contributed by atoms with Gasteiger partial charge in [0.25, 0.3) is 0 Å². The molecule has 0 heterocycles. The predicted molar refractivity (Wildman–Crippen MR) is 50.9 cm³/mol. The van der Waals surface area contributed by atoms with Crippen molar-refractivity contribution >= 4 is 0 Å². The fraction of sp³-hybridized carbons (Fsp3) is 0.364. The van der Waals surface area contributed by atoms with Crippen LogP contribution >= 0.6 is 0 Å². The molecule has 1 radical (unpaired) electrons. The highest BCUT2D eigenvalue weighted by atomic mass is 15.1. The summed E-state index contributed by atoms with van der Waals surface area (Å²) < 4.78 is 0. The molecule has 0 saturated heterocycles. The van der Waals surface area contributed by atoms with Gasteiger partial charge in [0.1, 0.15) is 0 Å². The summed E-state index contributed by atoms with van der Waals surface area (Å²) in [5.74, 6) is 0. The molecule has 0 bridgehead atoms. The van der Waals surface area contributed by atoms with Crippen molar-refractivity contribution in [3.05, 3.63) is 41.8 Å². The lowest BCUT2D eigenvalue weighted by Gasteiger charge is -2.19. The minimum atomic E-state index is 0.529. The van der Waals surface area contributed by atoms with Gasteiger partial charge in [-0.05, 0) is 38.1 Å². The summed E-state index contributed by atoms with van der Waals surface area (Å²) >= 11 is 0. The second-order valence-corrected chi connectivity index (χ2v) is 3.55. The molecule has 63 valence electrons. The van der Waals surface area contributed by atoms with Crippen molar-refractivity contribution in [2.24, 2.45) is 0 Å². The van der Waals surface area contributed by atoms with Gasteiger partial charge in [0, 0.05) is 6.04 Å². The van der Waals surface area contributed by atoms with Crippen LogP contribution in [0.2, 0.25) is 0 Å². The molecule has 0 spiro atoms. The van der Waals surface area contributed by atoms with E-state index in [-0.39, 0.29) is 0 Å². The SMILES string of the molecule is CN(C)C1[CH]Cc2ccccc21. The molecule has 0 saturated carbocycles. The first kappa shape index (κ1) is 7.81. The van der Waals surface area contributed by atoms with E-state index in [4.69, 9.17) is 0 Å². The summed E-state index contributed by atoms with van der Waals surface area (Å²) in [6, 6.07) is 9.21. The highest BCUT2D eigenvalue weighted by Crippen LogP contribution is 2.32. The van der Waals surface area contributed by atoms with Crippen molar-refractivity contribution in [3.8, 4) is 0 Å². The van der Waals surface area contributed by atoms with Crippen molar-refractivity contribution < 1.29 is 0 Å². The largest absolute Gasteiger partial charge is 0.302 e. The zero-order valence-corrected chi connectivity index (χ0v) is 7.62. The Morgan fingerprint density at radius 3 is 2.75 bits per heavy atom. The molecule has 0 aliphatic heterocycles. The summed E-state index contributed by atoms with van der Waals surface area (Å²) in [5.41, 5.74) is 2.96. The van der Waals surface area contributed by atoms with Gasteiger partial charge in [-0.25, -0.2) is 0 Å². The van der Waals surface area contributed by atoms with Crippen molar-refractivity contribution in [2.45, 2.75) is 12.5 Å². The topological polar surface area (TPSA) is 3.24 Å². The fourth-order valence-electron chi connectivity index (χ4n) is 1.86. The van der Waals surface area contributed by atoms with Crippen molar-refractivity contribution in [3.63, 3.8) is 0 Å². The summed E-state index contributed by atoms with van der Waals surface area (Å²) in [4.78, 5) is 2.26. The Morgan fingerprint density at radius 2 is 2.00 bits per heavy atom. The number of fused-ring (bicyclic) bond motifs is 1. The summed E-state index contributed by atoms with van der Waals surface area (Å²) in [5, 5.41) is 0. The molecule has 1 unspecified atom stereocenters. The molecule has 0 fully saturated rings. The van der Waals surface area contributed by atoms with Gasteiger partial charge in [-0.2, -0.15) is 0 Å². The van der Waals surface area contributed by atoms with E-state index in [1.807, 2.05) is 0 Å². The van der Waals surface area contributed by atoms with Gasteiger partial charge in [0.05, 0.1) is 0 Å². The van der Waals surface area contributed by atoms with Crippen LogP contribution in [0.1, 0.15) is 17.2 Å². The Bertz CT molecular complexity index is 278. The lowest BCUT2D eigenvalue weighted by atomic mass is 10.1. The molecule has 1 aliphatic rings. The van der Waals surface area contributed by atoms with E-state index >= 15 is 0 Å². The second kappa shape index (κ2) is 2.91. The van der Waals surface area contributed by atoms with Crippen LogP contribution in [0.5, 0.6) is 0 Å². The first-order valence-electron chi connectivity index (χ1n) is 4.36. The second-order valence-electron chi connectivity index (χ2n) is 3.55. The third-order valence-electron chi connectivity index (χ3n) is 2.49. The Balaban J connectivity index is 2.36. The van der Waals surface area contributed by atoms with E-state index in [1.54, 1.807) is 0 Å². The monoisotopic (exact) mass is 160 g/mol. The van der Waals surface area contributed by atoms with E-state index in [0.29, 0.717) is 6.04 Å². The molecule has 0 N–H and O–H groups in total. The van der Waals surface area contributed by atoms with Crippen molar-refractivity contribution in [1.82, 2.24) is 4.90 Å². The Labute approximate surface area is 74.0 Å². The van der Waals surface area contributed by atoms with E-state index < -0.39 is 0 Å². The normalized spacial score (nSPS) is 21.4. The number of rotatable bonds is 1. The summed E-state index contributed by atoms with van der Waals surface area (Å²) in [6.45, 7) is 0. The van der Waals surface area contributed by atoms with Crippen LogP contribution in [0, 0.1) is 6.42 Å². The highest BCUT2D eigenvalue weighted by Gasteiger charge is 2.23. The van der Waals surface area contributed by atoms with Crippen LogP contribution in [-0.2, 0) is 6.42 Å². The van der Waals surface area contributed by atoms with Gasteiger partial charge in [0.2, 0.25) is 0 Å². The number of hydrogen-bond acceptors (Lipinski definition) is 1. The van der Waals surface area contributed by atoms with Gasteiger partial charge in [0.15, 0.2) is 0 Å². The molecular formula is C11H14N. The first-order chi connectivity index (χ1) is 5.79. The van der Waals surface area contributed by atoms with Crippen molar-refractivity contribution in [1.29, 1.82) is 0 Å². The maximum atomic E-state index is 2.37. The van der Waals surface area contributed by atoms with Crippen LogP contribution < -0.4 is 0 Å². The van der Waals surface area contributed by atoms with E-state index in [9.17, 15) is 0 Å². The molecule has 1 aromatic rings. The zero-order chi connectivity index (χ0) is 8.55. The molecule has 1 nitrogen and oxygen atoms in total. The van der Waals surface area contributed by atoms with Gasteiger partial charge >= 0.3 is 0 Å². The minimum Gasteiger partial charge on any atom is -0.302 e. The van der Waals surface area contributed by atoms with Gasteiger partial charge in [-0.15, -0.1) is 0 Å². The fourth-order valence-corrected chi connectivity index (χ4v) is 1.86. The maximum absolute atomic E-state index is 2.37. The van der Waals surface area contributed by atoms with Gasteiger partial charge in [-0.1, -0.05) is 24.3 Å². The van der Waals surface area contributed by atoms with Gasteiger partial charge in [-0.3, -0.25) is 0 Å². The number of nitrogens with zero attached hydrogens (tertiary/aromatic N) is 1. The summed E-state index contributed by atoms with van der Waals surface area (Å²) in [6.07, 6.45) is 3.49. The van der Waals surface area contributed by atoms with Crippen LogP contribution in [0.25, 0.3) is 0 Å². The maximum Gasteiger partial charge on any atom is 0.0379 e. The quantitative estimate of drug-likeness (QED) is 0.607. The average Bonchev–Trinajstić information content (AvgIpc) is 2.47. The minimum absolute atomic E-state index is 0.529. The standard InChI is InChI=1S/C11H14N/c1-12(2)11-8-7-9-5-3-4-6-10(9)11/h3-6,8,11H,7H2,1-2H3. The number of benzene rings is 1. The zero-order valence-electron chi connectivity index (χ0n) is 7.62. The molecule has 1 aromatic carbocycles. The average molecular weight is 160 g/mol. The van der Waals surface area contributed by atoms with Gasteiger partial charge < -0.3 is 4.90 Å². The van der Waals surface area contributed by atoms with Crippen molar-refractivity contribution in [2.75, 3.05) is 14.1 Å². The van der Waals surface area contributed by atoms with E-state index in [1.165, 1.54) is 11.1 Å². The van der Waals surface area contributed by atoms with Crippen LogP contribution in [0.3, 0.4) is 0 Å². The molecule has 1 aliphatic carbocycles. The molecule has 1 atom stereocenters. The lowest BCUT2D eigenvalue weighted by Crippen LogP contribution is -2.17. The highest BCUT2D eigenvalue weighted by molar-refractivity contribution is 5.38. The first-order valence-corrected chi connectivity index (χ1v) is 4.36. The predicted octanol–water partition coefficient (Wildman–Crippen LogP) is 2.05. The molecular weight excluding hydrogens is 146 g/mol.